The van der Waals surface area contributed by atoms with Gasteiger partial charge in [0.2, 0.25) is 5.89 Å². The first kappa shape index (κ1) is 43.7. The van der Waals surface area contributed by atoms with E-state index in [0.717, 1.165) is 61.4 Å². The normalized spacial score (nSPS) is 14.4. The maximum Gasteiger partial charge on any atom is 0.490 e. The number of nitrogens with one attached hydrogen (secondary N) is 3. The minimum Gasteiger partial charge on any atom is -0.475 e. The van der Waals surface area contributed by atoms with E-state index in [1.54, 1.807) is 12.1 Å². The Balaban J connectivity index is 0.000000379. The van der Waals surface area contributed by atoms with Crippen molar-refractivity contribution in [2.24, 2.45) is 0 Å². The molecular formula is C31H29F10N5O7. The molecule has 0 spiro atoms. The third kappa shape index (κ3) is 13.9. The molecule has 22 heteroatoms. The number of aromatic nitrogens is 2. The molecule has 5 rings (SSSR count). The summed E-state index contributed by atoms with van der Waals surface area (Å²) in [5.74, 6) is -8.10. The number of carboxylic acid groups (broad SMARTS) is 3. The zero-order valence-electron chi connectivity index (χ0n) is 27.0. The third-order valence-electron chi connectivity index (χ3n) is 6.74. The molecular weight excluding hydrogens is 744 g/mol. The average Bonchev–Trinajstić information content (AvgIpc) is 3.58. The fourth-order valence-electron chi connectivity index (χ4n) is 4.24. The van der Waals surface area contributed by atoms with Gasteiger partial charge in [-0.3, -0.25) is 0 Å². The Hall–Kier alpha value is -5.51. The second-order valence-electron chi connectivity index (χ2n) is 10.4. The smallest absolute Gasteiger partial charge is 0.475 e. The number of hydrogen-bond acceptors (Lipinski definition) is 9. The first-order valence-corrected chi connectivity index (χ1v) is 14.7. The standard InChI is InChI=1S/C25H26FN5O.3C2HF3O2/c1-27-23-15-19(17-8-12-29-13-9-17)3-5-21(23)25-31-30-24(32-25)20-4-2-18(14-22(20)26)16-6-10-28-11-7-16;3*3-2(4,5)1(6)7/h2-6,8,14-15,27-29H,7,9-13H2,1H3;3*(H,6,7). The first-order valence-electron chi connectivity index (χ1n) is 14.7. The summed E-state index contributed by atoms with van der Waals surface area (Å²) in [6, 6.07) is 11.3. The van der Waals surface area contributed by atoms with Crippen LogP contribution < -0.4 is 16.0 Å². The first-order chi connectivity index (χ1) is 24.6. The molecule has 2 aliphatic rings. The van der Waals surface area contributed by atoms with Gasteiger partial charge in [-0.05, 0) is 72.5 Å². The van der Waals surface area contributed by atoms with Crippen LogP contribution in [0.5, 0.6) is 0 Å². The molecule has 0 saturated heterocycles. The molecule has 3 heterocycles. The Kier molecular flexibility index (Phi) is 15.5. The van der Waals surface area contributed by atoms with E-state index in [-0.39, 0.29) is 11.7 Å². The van der Waals surface area contributed by atoms with Crippen LogP contribution in [0.1, 0.15) is 24.0 Å². The van der Waals surface area contributed by atoms with Crippen LogP contribution in [0, 0.1) is 5.82 Å². The largest absolute Gasteiger partial charge is 0.490 e. The highest BCUT2D eigenvalue weighted by Gasteiger charge is 2.39. The van der Waals surface area contributed by atoms with Crippen molar-refractivity contribution in [3.05, 3.63) is 65.5 Å². The lowest BCUT2D eigenvalue weighted by molar-refractivity contribution is -0.193. The van der Waals surface area contributed by atoms with Crippen molar-refractivity contribution < 1.29 is 78.0 Å². The van der Waals surface area contributed by atoms with E-state index in [0.29, 0.717) is 11.5 Å². The van der Waals surface area contributed by atoms with E-state index in [1.807, 2.05) is 19.2 Å². The summed E-state index contributed by atoms with van der Waals surface area (Å²) in [5.41, 5.74) is 6.55. The van der Waals surface area contributed by atoms with Crippen molar-refractivity contribution in [3.63, 3.8) is 0 Å². The highest BCUT2D eigenvalue weighted by Crippen LogP contribution is 2.34. The van der Waals surface area contributed by atoms with Crippen LogP contribution in [0.2, 0.25) is 0 Å². The quantitative estimate of drug-likeness (QED) is 0.161. The van der Waals surface area contributed by atoms with E-state index in [4.69, 9.17) is 34.1 Å². The number of alkyl halides is 9. The molecule has 12 nitrogen and oxygen atoms in total. The SMILES string of the molecule is CNc1cc(C2=CCNCC2)ccc1-c1nnc(-c2ccc(C3=CCNCC3)cc2F)o1.O=C(O)C(F)(F)F.O=C(O)C(F)(F)F.O=C(O)C(F)(F)F. The van der Waals surface area contributed by atoms with Gasteiger partial charge < -0.3 is 35.7 Å². The molecule has 2 aromatic carbocycles. The molecule has 3 aromatic rings. The van der Waals surface area contributed by atoms with Crippen LogP contribution in [0.15, 0.2) is 53.0 Å². The highest BCUT2D eigenvalue weighted by molar-refractivity contribution is 5.79. The summed E-state index contributed by atoms with van der Waals surface area (Å²) in [6.07, 6.45) is -9.05. The predicted octanol–water partition coefficient (Wildman–Crippen LogP) is 6.24. The van der Waals surface area contributed by atoms with Gasteiger partial charge in [-0.25, -0.2) is 18.8 Å². The second-order valence-corrected chi connectivity index (χ2v) is 10.4. The summed E-state index contributed by atoms with van der Waals surface area (Å²) in [7, 11) is 1.87. The number of aliphatic carboxylic acids is 3. The molecule has 1 aromatic heterocycles. The molecule has 0 aliphatic carbocycles. The summed E-state index contributed by atoms with van der Waals surface area (Å²) in [4.78, 5) is 26.7. The van der Waals surface area contributed by atoms with Crippen LogP contribution >= 0.6 is 0 Å². The topological polar surface area (TPSA) is 187 Å². The van der Waals surface area contributed by atoms with E-state index in [1.165, 1.54) is 11.1 Å². The summed E-state index contributed by atoms with van der Waals surface area (Å²) in [6.45, 7) is 3.58. The highest BCUT2D eigenvalue weighted by atomic mass is 19.4. The van der Waals surface area contributed by atoms with Crippen LogP contribution in [0.25, 0.3) is 34.1 Å². The lowest BCUT2D eigenvalue weighted by Gasteiger charge is -2.16. The molecule has 0 saturated carbocycles. The fraction of sp³-hybridized carbons (Fsp3) is 0.323. The summed E-state index contributed by atoms with van der Waals surface area (Å²) >= 11 is 0. The number of carboxylic acids is 3. The van der Waals surface area contributed by atoms with Crippen molar-refractivity contribution in [1.29, 1.82) is 0 Å². The lowest BCUT2D eigenvalue weighted by Crippen LogP contribution is -2.21. The minimum atomic E-state index is -5.08. The number of rotatable bonds is 5. The Morgan fingerprint density at radius 3 is 1.40 bits per heavy atom. The molecule has 0 bridgehead atoms. The molecule has 2 aliphatic heterocycles. The van der Waals surface area contributed by atoms with Gasteiger partial charge in [-0.2, -0.15) is 39.5 Å². The number of carbonyl (C=O) groups is 3. The van der Waals surface area contributed by atoms with Crippen molar-refractivity contribution in [1.82, 2.24) is 20.8 Å². The van der Waals surface area contributed by atoms with Gasteiger partial charge in [0.1, 0.15) is 5.82 Å². The third-order valence-corrected chi connectivity index (χ3v) is 6.74. The van der Waals surface area contributed by atoms with Gasteiger partial charge in [0.25, 0.3) is 5.89 Å². The lowest BCUT2D eigenvalue weighted by atomic mass is 9.98. The average molecular weight is 774 g/mol. The van der Waals surface area contributed by atoms with Crippen molar-refractivity contribution in [3.8, 4) is 22.9 Å². The molecule has 0 amide bonds. The van der Waals surface area contributed by atoms with Gasteiger partial charge >= 0.3 is 36.4 Å². The minimum absolute atomic E-state index is 0.176. The number of anilines is 1. The molecule has 53 heavy (non-hydrogen) atoms. The number of halogens is 10. The zero-order chi connectivity index (χ0) is 40.1. The van der Waals surface area contributed by atoms with E-state index in [2.05, 4.69) is 50.4 Å². The molecule has 290 valence electrons. The van der Waals surface area contributed by atoms with Gasteiger partial charge in [0.15, 0.2) is 0 Å². The molecule has 0 radical (unpaired) electrons. The van der Waals surface area contributed by atoms with Crippen LogP contribution in [0.4, 0.5) is 49.6 Å². The van der Waals surface area contributed by atoms with Crippen molar-refractivity contribution in [2.75, 3.05) is 38.5 Å². The van der Waals surface area contributed by atoms with Crippen molar-refractivity contribution >= 4 is 34.7 Å². The number of benzene rings is 2. The Morgan fingerprint density at radius 2 is 1.06 bits per heavy atom. The summed E-state index contributed by atoms with van der Waals surface area (Å²) in [5, 5.41) is 39.5. The monoisotopic (exact) mass is 773 g/mol. The molecule has 6 N–H and O–H groups in total. The molecule has 0 atom stereocenters. The fourth-order valence-corrected chi connectivity index (χ4v) is 4.24. The van der Waals surface area contributed by atoms with Gasteiger partial charge in [-0.15, -0.1) is 10.2 Å². The number of nitrogens with zero attached hydrogens (tertiary/aromatic N) is 2. The Labute approximate surface area is 292 Å². The van der Waals surface area contributed by atoms with Crippen LogP contribution in [-0.2, 0) is 14.4 Å². The van der Waals surface area contributed by atoms with Crippen LogP contribution in [-0.4, -0.2) is 95.2 Å². The Morgan fingerprint density at radius 1 is 0.679 bits per heavy atom. The summed E-state index contributed by atoms with van der Waals surface area (Å²) < 4.78 is 116. The maximum atomic E-state index is 14.9. The van der Waals surface area contributed by atoms with E-state index in [9.17, 15) is 43.9 Å². The predicted molar refractivity (Wildman–Crippen MR) is 167 cm³/mol. The Bertz CT molecular complexity index is 1750. The van der Waals surface area contributed by atoms with Gasteiger partial charge in [0, 0.05) is 25.8 Å². The van der Waals surface area contributed by atoms with Crippen LogP contribution in [0.3, 0.4) is 0 Å². The van der Waals surface area contributed by atoms with Gasteiger partial charge in [-0.1, -0.05) is 24.3 Å². The van der Waals surface area contributed by atoms with E-state index >= 15 is 0 Å². The van der Waals surface area contributed by atoms with Gasteiger partial charge in [0.05, 0.1) is 11.1 Å². The number of hydrogen-bond donors (Lipinski definition) is 6. The van der Waals surface area contributed by atoms with Crippen molar-refractivity contribution in [2.45, 2.75) is 31.4 Å². The maximum absolute atomic E-state index is 14.9. The molecule has 0 unspecified atom stereocenters. The molecule has 0 fully saturated rings. The zero-order valence-corrected chi connectivity index (χ0v) is 27.0. The second kappa shape index (κ2) is 18.8. The van der Waals surface area contributed by atoms with E-state index < -0.39 is 36.4 Å².